The van der Waals surface area contributed by atoms with Crippen LogP contribution < -0.4 is 0 Å². The molecule has 0 unspecified atom stereocenters. The van der Waals surface area contributed by atoms with Crippen LogP contribution in [0.3, 0.4) is 0 Å². The summed E-state index contributed by atoms with van der Waals surface area (Å²) in [5.41, 5.74) is 0.946. The zero-order valence-corrected chi connectivity index (χ0v) is 14.7. The van der Waals surface area contributed by atoms with Gasteiger partial charge < -0.3 is 10.2 Å². The molecule has 4 aromatic rings. The Balaban J connectivity index is 2.26. The fraction of sp³-hybridized carbons (Fsp3) is 0. The van der Waals surface area contributed by atoms with Gasteiger partial charge in [0, 0.05) is 20.9 Å². The van der Waals surface area contributed by atoms with Crippen LogP contribution in [0.5, 0.6) is 0 Å². The second-order valence-corrected chi connectivity index (χ2v) is 7.45. The van der Waals surface area contributed by atoms with Crippen LogP contribution in [0.1, 0.15) is 20.7 Å². The normalized spacial score (nSPS) is 11.0. The van der Waals surface area contributed by atoms with Gasteiger partial charge in [0.05, 0.1) is 22.9 Å². The Kier molecular flexibility index (Phi) is 3.83. The Morgan fingerprint density at radius 3 is 1.56 bits per heavy atom. The summed E-state index contributed by atoms with van der Waals surface area (Å²) >= 11 is 3.61. The number of benzene rings is 1. The maximum Gasteiger partial charge on any atom is 0.337 e. The van der Waals surface area contributed by atoms with Gasteiger partial charge in [0.1, 0.15) is 11.0 Å². The number of fused-ring (bicyclic) bond motifs is 1. The average molecular weight is 388 g/mol. The molecule has 0 amide bonds. The van der Waals surface area contributed by atoms with Crippen molar-refractivity contribution >= 4 is 57.4 Å². The summed E-state index contributed by atoms with van der Waals surface area (Å²) in [7, 11) is 0. The number of carbonyl (C=O) groups is 2. The van der Waals surface area contributed by atoms with Gasteiger partial charge in [0.2, 0.25) is 0 Å². The molecule has 0 bridgehead atoms. The Morgan fingerprint density at radius 1 is 0.800 bits per heavy atom. The van der Waals surface area contributed by atoms with E-state index in [0.29, 0.717) is 31.9 Å². The molecule has 3 aromatic heterocycles. The van der Waals surface area contributed by atoms with Crippen molar-refractivity contribution in [3.05, 3.63) is 46.2 Å². The zero-order chi connectivity index (χ0) is 17.6. The van der Waals surface area contributed by atoms with Gasteiger partial charge >= 0.3 is 11.9 Å². The van der Waals surface area contributed by atoms with Crippen molar-refractivity contribution in [2.75, 3.05) is 0 Å². The zero-order valence-electron chi connectivity index (χ0n) is 12.3. The first-order valence-electron chi connectivity index (χ1n) is 6.96. The molecular weight excluding hydrogens is 380 g/mol. The second kappa shape index (κ2) is 6.03. The molecule has 0 spiro atoms. The van der Waals surface area contributed by atoms with Crippen LogP contribution in [-0.4, -0.2) is 30.9 Å². The molecule has 2 N–H and O–H groups in total. The van der Waals surface area contributed by atoms with E-state index in [2.05, 4.69) is 8.75 Å². The van der Waals surface area contributed by atoms with E-state index in [-0.39, 0.29) is 11.1 Å². The largest absolute Gasteiger partial charge is 0.478 e. The number of hydrogen-bond donors (Lipinski definition) is 2. The third-order valence-electron chi connectivity index (χ3n) is 3.68. The van der Waals surface area contributed by atoms with Crippen molar-refractivity contribution in [3.63, 3.8) is 0 Å². The van der Waals surface area contributed by atoms with Crippen LogP contribution in [-0.2, 0) is 0 Å². The van der Waals surface area contributed by atoms with Crippen LogP contribution in [0.25, 0.3) is 31.9 Å². The molecule has 0 saturated carbocycles. The number of aromatic nitrogens is 2. The summed E-state index contributed by atoms with van der Waals surface area (Å²) in [4.78, 5) is 25.4. The van der Waals surface area contributed by atoms with E-state index in [1.807, 2.05) is 0 Å². The van der Waals surface area contributed by atoms with Gasteiger partial charge in [0.15, 0.2) is 0 Å². The average Bonchev–Trinajstić information content (AvgIpc) is 3.32. The molecule has 0 aliphatic rings. The van der Waals surface area contributed by atoms with E-state index in [1.165, 1.54) is 22.7 Å². The fourth-order valence-electron chi connectivity index (χ4n) is 2.75. The van der Waals surface area contributed by atoms with Gasteiger partial charge in [-0.15, -0.1) is 22.7 Å². The molecule has 9 heteroatoms. The Morgan fingerprint density at radius 2 is 1.24 bits per heavy atom. The summed E-state index contributed by atoms with van der Waals surface area (Å²) in [5.74, 6) is -2.60. The van der Waals surface area contributed by atoms with Crippen LogP contribution in [0.2, 0.25) is 0 Å². The molecule has 4 rings (SSSR count). The number of hydrogen-bond acceptors (Lipinski definition) is 7. The van der Waals surface area contributed by atoms with Gasteiger partial charge in [-0.25, -0.2) is 9.59 Å². The Bertz CT molecular complexity index is 1010. The summed E-state index contributed by atoms with van der Waals surface area (Å²) in [6.45, 7) is 0. The van der Waals surface area contributed by atoms with Crippen molar-refractivity contribution in [1.82, 2.24) is 8.75 Å². The van der Waals surface area contributed by atoms with Gasteiger partial charge in [-0.3, -0.25) is 0 Å². The van der Waals surface area contributed by atoms with Crippen LogP contribution in [0, 0.1) is 0 Å². The summed E-state index contributed by atoms with van der Waals surface area (Å²) in [6, 6.07) is 7.07. The number of carboxylic acids is 2. The monoisotopic (exact) mass is 388 g/mol. The molecule has 6 nitrogen and oxygen atoms in total. The molecule has 25 heavy (non-hydrogen) atoms. The molecule has 0 saturated heterocycles. The lowest BCUT2D eigenvalue weighted by molar-refractivity contribution is 0.0653. The predicted molar refractivity (Wildman–Crippen MR) is 98.0 cm³/mol. The molecule has 1 aromatic carbocycles. The SMILES string of the molecule is O=C(O)c1c(C(=O)O)c(-c2cccs2)c2nsnc2c1-c1cccs1. The lowest BCUT2D eigenvalue weighted by Crippen LogP contribution is -2.12. The summed E-state index contributed by atoms with van der Waals surface area (Å²) < 4.78 is 8.55. The first-order chi connectivity index (χ1) is 12.1. The van der Waals surface area contributed by atoms with Gasteiger partial charge in [-0.1, -0.05) is 12.1 Å². The van der Waals surface area contributed by atoms with E-state index in [0.717, 1.165) is 11.7 Å². The van der Waals surface area contributed by atoms with Crippen molar-refractivity contribution in [2.24, 2.45) is 0 Å². The number of nitrogens with zero attached hydrogens (tertiary/aromatic N) is 2. The smallest absolute Gasteiger partial charge is 0.337 e. The minimum atomic E-state index is -1.30. The Hall–Kier alpha value is -2.62. The first-order valence-corrected chi connectivity index (χ1v) is 9.45. The van der Waals surface area contributed by atoms with Crippen LogP contribution in [0.4, 0.5) is 0 Å². The molecule has 0 atom stereocenters. The van der Waals surface area contributed by atoms with Crippen LogP contribution >= 0.6 is 34.4 Å². The third kappa shape index (κ3) is 2.44. The van der Waals surface area contributed by atoms with E-state index in [4.69, 9.17) is 0 Å². The molecule has 0 radical (unpaired) electrons. The van der Waals surface area contributed by atoms with Crippen molar-refractivity contribution < 1.29 is 19.8 Å². The molecule has 0 fully saturated rings. The van der Waals surface area contributed by atoms with Crippen molar-refractivity contribution in [3.8, 4) is 20.9 Å². The quantitative estimate of drug-likeness (QED) is 0.532. The Labute approximate surface area is 153 Å². The van der Waals surface area contributed by atoms with Crippen molar-refractivity contribution in [2.45, 2.75) is 0 Å². The van der Waals surface area contributed by atoms with Gasteiger partial charge in [0.25, 0.3) is 0 Å². The molecule has 0 aliphatic heterocycles. The van der Waals surface area contributed by atoms with Crippen LogP contribution in [0.15, 0.2) is 35.0 Å². The number of thiophene rings is 2. The topological polar surface area (TPSA) is 100 Å². The summed E-state index contributed by atoms with van der Waals surface area (Å²) in [5, 5.41) is 23.2. The number of aromatic carboxylic acids is 2. The lowest BCUT2D eigenvalue weighted by Gasteiger charge is -2.13. The number of rotatable bonds is 4. The van der Waals surface area contributed by atoms with E-state index in [1.54, 1.807) is 35.0 Å². The van der Waals surface area contributed by atoms with Gasteiger partial charge in [-0.05, 0) is 22.9 Å². The van der Waals surface area contributed by atoms with E-state index < -0.39 is 11.9 Å². The third-order valence-corrected chi connectivity index (χ3v) is 5.98. The van der Waals surface area contributed by atoms with Gasteiger partial charge in [-0.2, -0.15) is 8.75 Å². The highest BCUT2D eigenvalue weighted by Crippen LogP contribution is 2.43. The highest BCUT2D eigenvalue weighted by atomic mass is 32.1. The molecule has 124 valence electrons. The maximum atomic E-state index is 12.0. The predicted octanol–water partition coefficient (Wildman–Crippen LogP) is 4.54. The van der Waals surface area contributed by atoms with Crippen molar-refractivity contribution in [1.29, 1.82) is 0 Å². The summed E-state index contributed by atoms with van der Waals surface area (Å²) in [6.07, 6.45) is 0. The lowest BCUT2D eigenvalue weighted by atomic mass is 9.92. The molecule has 0 aliphatic carbocycles. The molecule has 3 heterocycles. The second-order valence-electron chi connectivity index (χ2n) is 5.03. The molecular formula is C16H8N2O4S3. The fourth-order valence-corrected chi connectivity index (χ4v) is 4.87. The van der Waals surface area contributed by atoms with E-state index >= 15 is 0 Å². The highest BCUT2D eigenvalue weighted by molar-refractivity contribution is 7.14. The van der Waals surface area contributed by atoms with E-state index in [9.17, 15) is 19.8 Å². The maximum absolute atomic E-state index is 12.0. The number of carboxylic acid groups (broad SMARTS) is 2. The highest BCUT2D eigenvalue weighted by Gasteiger charge is 2.31. The standard InChI is InChI=1S/C16H8N2O4S3/c19-15(20)11-9(7-3-1-5-23-7)13-14(18-25-17-13)10(12(11)16(21)22)8-4-2-6-24-8/h1-6H,(H,19,20)(H,21,22). The first kappa shape index (κ1) is 15.9. The minimum absolute atomic E-state index is 0.251. The minimum Gasteiger partial charge on any atom is -0.478 e.